The van der Waals surface area contributed by atoms with Gasteiger partial charge in [-0.25, -0.2) is 9.78 Å². The Balaban J connectivity index is 1.79. The van der Waals surface area contributed by atoms with Crippen LogP contribution in [0.4, 0.5) is 5.13 Å². The van der Waals surface area contributed by atoms with Crippen molar-refractivity contribution in [2.45, 2.75) is 13.8 Å². The molecule has 0 aliphatic carbocycles. The van der Waals surface area contributed by atoms with Gasteiger partial charge in [-0.2, -0.15) is 5.10 Å². The number of hydrogen-bond donors (Lipinski definition) is 1. The van der Waals surface area contributed by atoms with Gasteiger partial charge in [0.1, 0.15) is 22.0 Å². The van der Waals surface area contributed by atoms with Crippen molar-refractivity contribution in [1.82, 2.24) is 4.98 Å². The summed E-state index contributed by atoms with van der Waals surface area (Å²) in [6, 6.07) is 15.4. The average molecular weight is 436 g/mol. The molecule has 0 saturated heterocycles. The smallest absolute Gasteiger partial charge is 0.350 e. The molecule has 2 aromatic heterocycles. The van der Waals surface area contributed by atoms with E-state index < -0.39 is 5.97 Å². The Morgan fingerprint density at radius 1 is 1.10 bits per heavy atom. The molecule has 8 heteroatoms. The van der Waals surface area contributed by atoms with Gasteiger partial charge < -0.3 is 13.9 Å². The zero-order valence-corrected chi connectivity index (χ0v) is 18.4. The Labute approximate surface area is 183 Å². The molecule has 4 rings (SSSR count). The van der Waals surface area contributed by atoms with Gasteiger partial charge in [-0.15, -0.1) is 0 Å². The van der Waals surface area contributed by atoms with Gasteiger partial charge in [-0.3, -0.25) is 5.43 Å². The number of aryl methyl sites for hydroxylation is 2. The fourth-order valence-corrected chi connectivity index (χ4v) is 3.93. The second-order valence-corrected chi connectivity index (χ2v) is 7.87. The molecule has 1 N–H and O–H groups in total. The van der Waals surface area contributed by atoms with Crippen molar-refractivity contribution in [2.24, 2.45) is 5.10 Å². The van der Waals surface area contributed by atoms with Crippen LogP contribution in [0.25, 0.3) is 22.3 Å². The summed E-state index contributed by atoms with van der Waals surface area (Å²) >= 11 is 1.20. The lowest BCUT2D eigenvalue weighted by molar-refractivity contribution is 0.0605. The number of hydrogen-bond acceptors (Lipinski definition) is 8. The highest BCUT2D eigenvalue weighted by atomic mass is 32.1. The van der Waals surface area contributed by atoms with Crippen molar-refractivity contribution in [3.63, 3.8) is 0 Å². The topological polar surface area (TPSA) is 86.0 Å². The number of carbonyl (C=O) groups excluding carboxylic acids is 1. The molecular weight excluding hydrogens is 414 g/mol. The molecule has 0 atom stereocenters. The molecule has 0 radical (unpaired) electrons. The van der Waals surface area contributed by atoms with Gasteiger partial charge in [0.05, 0.1) is 25.3 Å². The molecule has 158 valence electrons. The maximum Gasteiger partial charge on any atom is 0.350 e. The molecule has 4 aromatic rings. The summed E-state index contributed by atoms with van der Waals surface area (Å²) in [6.45, 7) is 3.77. The lowest BCUT2D eigenvalue weighted by atomic mass is 10.1. The lowest BCUT2D eigenvalue weighted by Gasteiger charge is -2.07. The van der Waals surface area contributed by atoms with E-state index in [0.29, 0.717) is 32.4 Å². The minimum absolute atomic E-state index is 0.413. The number of thiazole rings is 1. The Kier molecular flexibility index (Phi) is 5.73. The van der Waals surface area contributed by atoms with E-state index in [0.717, 1.165) is 22.3 Å². The Bertz CT molecular complexity index is 1320. The molecule has 0 spiro atoms. The summed E-state index contributed by atoms with van der Waals surface area (Å²) in [5, 5.41) is 6.64. The highest BCUT2D eigenvalue weighted by Gasteiger charge is 2.15. The van der Waals surface area contributed by atoms with Crippen LogP contribution in [0.3, 0.4) is 0 Å². The number of ether oxygens (including phenoxy) is 2. The Morgan fingerprint density at radius 3 is 2.58 bits per heavy atom. The third-order valence-corrected chi connectivity index (χ3v) is 5.75. The first kappa shape index (κ1) is 20.6. The first-order valence-electron chi connectivity index (χ1n) is 9.53. The number of rotatable bonds is 5. The predicted molar refractivity (Wildman–Crippen MR) is 120 cm³/mol. The van der Waals surface area contributed by atoms with Crippen LogP contribution in [0.2, 0.25) is 0 Å². The summed E-state index contributed by atoms with van der Waals surface area (Å²) in [4.78, 5) is 16.7. The fraction of sp³-hybridized carbons (Fsp3) is 0.174. The van der Waals surface area contributed by atoms with Crippen LogP contribution in [-0.4, -0.2) is 25.2 Å². The highest BCUT2D eigenvalue weighted by molar-refractivity contribution is 7.17. The van der Waals surface area contributed by atoms with Crippen molar-refractivity contribution in [1.29, 1.82) is 0 Å². The van der Waals surface area contributed by atoms with Crippen LogP contribution >= 0.6 is 11.3 Å². The van der Waals surface area contributed by atoms with Gasteiger partial charge in [0.2, 0.25) is 5.13 Å². The van der Waals surface area contributed by atoms with E-state index in [2.05, 4.69) is 15.5 Å². The minimum atomic E-state index is -0.413. The number of fused-ring (bicyclic) bond motifs is 1. The van der Waals surface area contributed by atoms with Crippen LogP contribution < -0.4 is 15.5 Å². The Morgan fingerprint density at radius 2 is 1.87 bits per heavy atom. The first-order valence-corrected chi connectivity index (χ1v) is 10.3. The van der Waals surface area contributed by atoms with Gasteiger partial charge in [-0.1, -0.05) is 23.0 Å². The van der Waals surface area contributed by atoms with Crippen molar-refractivity contribution in [3.8, 4) is 17.1 Å². The van der Waals surface area contributed by atoms with Crippen LogP contribution in [0.1, 0.15) is 20.9 Å². The van der Waals surface area contributed by atoms with Crippen molar-refractivity contribution >= 4 is 33.4 Å². The molecule has 0 bridgehead atoms. The standard InChI is InChI=1S/C23H21N3O4S/c1-13-5-10-19-17(11-13)18(12-20(30-19)15-6-8-16(28-3)9-7-15)25-26-23-24-14(2)21(31-23)22(27)29-4/h5-12H,1-4H3,(H,24,26)/b25-18+. The maximum atomic E-state index is 11.8. The molecule has 0 unspecified atom stereocenters. The van der Waals surface area contributed by atoms with E-state index in [-0.39, 0.29) is 0 Å². The van der Waals surface area contributed by atoms with E-state index in [1.807, 2.05) is 55.5 Å². The summed E-state index contributed by atoms with van der Waals surface area (Å²) in [5.41, 5.74) is 6.27. The molecule has 7 nitrogen and oxygen atoms in total. The van der Waals surface area contributed by atoms with Crippen molar-refractivity contribution in [3.05, 3.63) is 70.0 Å². The molecule has 0 aliphatic heterocycles. The molecule has 2 aromatic carbocycles. The van der Waals surface area contributed by atoms with Gasteiger partial charge >= 0.3 is 5.97 Å². The number of nitrogens with zero attached hydrogens (tertiary/aromatic N) is 2. The summed E-state index contributed by atoms with van der Waals surface area (Å²) in [5.74, 6) is 1.03. The third kappa shape index (κ3) is 4.29. The van der Waals surface area contributed by atoms with Crippen LogP contribution in [-0.2, 0) is 4.74 Å². The number of anilines is 1. The van der Waals surface area contributed by atoms with Gasteiger partial charge in [0, 0.05) is 17.0 Å². The molecule has 0 saturated carbocycles. The number of aromatic nitrogens is 1. The number of esters is 1. The van der Waals surface area contributed by atoms with Gasteiger partial charge in [0.15, 0.2) is 0 Å². The first-order chi connectivity index (χ1) is 15.0. The summed E-state index contributed by atoms with van der Waals surface area (Å²) in [6.07, 6.45) is 0. The average Bonchev–Trinajstić information content (AvgIpc) is 3.17. The molecule has 0 aliphatic rings. The zero-order chi connectivity index (χ0) is 22.0. The molecule has 0 fully saturated rings. The number of methoxy groups -OCH3 is 2. The highest BCUT2D eigenvalue weighted by Crippen LogP contribution is 2.26. The SMILES string of the molecule is COC(=O)c1sc(N/N=c2\cc(-c3ccc(OC)cc3)oc3ccc(C)cc23)nc1C. The molecule has 0 amide bonds. The third-order valence-electron chi connectivity index (χ3n) is 4.71. The second-order valence-electron chi connectivity index (χ2n) is 6.87. The van der Waals surface area contributed by atoms with Gasteiger partial charge in [0.25, 0.3) is 0 Å². The Hall–Kier alpha value is -3.65. The molecule has 31 heavy (non-hydrogen) atoms. The minimum Gasteiger partial charge on any atom is -0.497 e. The fourth-order valence-electron chi connectivity index (χ4n) is 3.11. The maximum absolute atomic E-state index is 11.8. The van der Waals surface area contributed by atoms with Crippen LogP contribution in [0, 0.1) is 13.8 Å². The number of benzene rings is 2. The normalized spacial score (nSPS) is 11.5. The second kappa shape index (κ2) is 8.61. The monoisotopic (exact) mass is 435 g/mol. The quantitative estimate of drug-likeness (QED) is 0.355. The van der Waals surface area contributed by atoms with Crippen LogP contribution in [0.5, 0.6) is 5.75 Å². The van der Waals surface area contributed by atoms with Crippen molar-refractivity contribution in [2.75, 3.05) is 19.6 Å². The lowest BCUT2D eigenvalue weighted by Crippen LogP contribution is -2.07. The van der Waals surface area contributed by atoms with Gasteiger partial charge in [-0.05, 0) is 50.2 Å². The predicted octanol–water partition coefficient (Wildman–Crippen LogP) is 4.90. The van der Waals surface area contributed by atoms with Crippen molar-refractivity contribution < 1.29 is 18.7 Å². The summed E-state index contributed by atoms with van der Waals surface area (Å²) < 4.78 is 16.2. The largest absolute Gasteiger partial charge is 0.497 e. The van der Waals surface area contributed by atoms with E-state index in [1.54, 1.807) is 14.0 Å². The molecule has 2 heterocycles. The van der Waals surface area contributed by atoms with Crippen LogP contribution in [0.15, 0.2) is 58.0 Å². The van der Waals surface area contributed by atoms with E-state index in [1.165, 1.54) is 18.4 Å². The number of nitrogens with one attached hydrogen (secondary N) is 1. The number of carbonyl (C=O) groups is 1. The van der Waals surface area contributed by atoms with E-state index in [9.17, 15) is 4.79 Å². The van der Waals surface area contributed by atoms with E-state index in [4.69, 9.17) is 13.9 Å². The molecular formula is C23H21N3O4S. The summed E-state index contributed by atoms with van der Waals surface area (Å²) in [7, 11) is 2.98. The zero-order valence-electron chi connectivity index (χ0n) is 17.6. The van der Waals surface area contributed by atoms with E-state index >= 15 is 0 Å².